The molecule has 2 heterocycles. The fraction of sp³-hybridized carbons (Fsp3) is 0.0667. The first-order chi connectivity index (χ1) is 9.72. The van der Waals surface area contributed by atoms with E-state index >= 15 is 0 Å². The van der Waals surface area contributed by atoms with Gasteiger partial charge in [-0.05, 0) is 18.2 Å². The molecular weight excluding hydrogens is 258 g/mol. The quantitative estimate of drug-likeness (QED) is 0.501. The van der Waals surface area contributed by atoms with Crippen LogP contribution in [0, 0.1) is 0 Å². The second kappa shape index (κ2) is 3.84. The van der Waals surface area contributed by atoms with Crippen molar-refractivity contribution in [3.63, 3.8) is 0 Å². The van der Waals surface area contributed by atoms with Gasteiger partial charge in [0.25, 0.3) is 5.91 Å². The van der Waals surface area contributed by atoms with Crippen LogP contribution in [-0.2, 0) is 4.79 Å². The lowest BCUT2D eigenvalue weighted by Crippen LogP contribution is -2.25. The first-order valence-corrected chi connectivity index (χ1v) is 6.14. The summed E-state index contributed by atoms with van der Waals surface area (Å²) in [5.41, 5.74) is 0.599. The molecule has 0 fully saturated rings. The largest absolute Gasteiger partial charge is 0.482 e. The number of carbonyl (C=O) groups excluding carboxylic acids is 1. The summed E-state index contributed by atoms with van der Waals surface area (Å²) in [6.07, 6.45) is 0. The number of anilines is 1. The highest BCUT2D eigenvalue weighted by Crippen LogP contribution is 2.34. The highest BCUT2D eigenvalue weighted by atomic mass is 16.5. The van der Waals surface area contributed by atoms with Gasteiger partial charge in [0.2, 0.25) is 0 Å². The molecule has 1 aliphatic rings. The van der Waals surface area contributed by atoms with Crippen LogP contribution in [0.25, 0.3) is 21.7 Å². The minimum absolute atomic E-state index is 0.0160. The van der Waals surface area contributed by atoms with Gasteiger partial charge in [-0.2, -0.15) is 0 Å². The third kappa shape index (κ3) is 1.50. The van der Waals surface area contributed by atoms with E-state index in [0.29, 0.717) is 22.4 Å². The molecule has 5 nitrogen and oxygen atoms in total. The third-order valence-corrected chi connectivity index (χ3v) is 3.35. The Morgan fingerprint density at radius 1 is 1.00 bits per heavy atom. The molecular formula is C15H9NO4. The Morgan fingerprint density at radius 3 is 2.75 bits per heavy atom. The summed E-state index contributed by atoms with van der Waals surface area (Å²) in [5, 5.41) is 4.70. The number of ether oxygens (including phenoxy) is 1. The van der Waals surface area contributed by atoms with Crippen LogP contribution in [0.4, 0.5) is 5.69 Å². The molecule has 3 aromatic rings. The molecule has 98 valence electrons. The molecule has 0 bridgehead atoms. The van der Waals surface area contributed by atoms with E-state index in [1.54, 1.807) is 18.2 Å². The first-order valence-electron chi connectivity index (χ1n) is 6.14. The molecule has 4 rings (SSSR count). The SMILES string of the molecule is O=C1COc2cc3c(cc2N1)c(=O)oc1ccccc13. The van der Waals surface area contributed by atoms with Crippen molar-refractivity contribution < 1.29 is 13.9 Å². The Morgan fingerprint density at radius 2 is 1.85 bits per heavy atom. The number of para-hydroxylation sites is 1. The molecule has 2 aromatic carbocycles. The number of amides is 1. The van der Waals surface area contributed by atoms with Crippen molar-refractivity contribution in [2.75, 3.05) is 11.9 Å². The van der Waals surface area contributed by atoms with Crippen LogP contribution < -0.4 is 15.7 Å². The lowest BCUT2D eigenvalue weighted by atomic mass is 10.1. The number of fused-ring (bicyclic) bond motifs is 4. The summed E-state index contributed by atoms with van der Waals surface area (Å²) < 4.78 is 10.7. The molecule has 0 saturated carbocycles. The minimum atomic E-state index is -0.429. The average Bonchev–Trinajstić information content (AvgIpc) is 2.46. The Labute approximate surface area is 112 Å². The number of carbonyl (C=O) groups is 1. The highest BCUT2D eigenvalue weighted by Gasteiger charge is 2.18. The summed E-state index contributed by atoms with van der Waals surface area (Å²) in [6, 6.07) is 10.7. The Bertz CT molecular complexity index is 926. The van der Waals surface area contributed by atoms with E-state index in [4.69, 9.17) is 9.15 Å². The Balaban J connectivity index is 2.15. The fourth-order valence-electron chi connectivity index (χ4n) is 2.45. The molecule has 5 heteroatoms. The zero-order valence-electron chi connectivity index (χ0n) is 10.3. The fourth-order valence-corrected chi connectivity index (χ4v) is 2.45. The van der Waals surface area contributed by atoms with Crippen molar-refractivity contribution >= 4 is 33.3 Å². The van der Waals surface area contributed by atoms with Gasteiger partial charge in [-0.25, -0.2) is 4.79 Å². The van der Waals surface area contributed by atoms with E-state index in [2.05, 4.69) is 5.32 Å². The molecule has 20 heavy (non-hydrogen) atoms. The minimum Gasteiger partial charge on any atom is -0.482 e. The molecule has 1 amide bonds. The van der Waals surface area contributed by atoms with Gasteiger partial charge in [0.15, 0.2) is 6.61 Å². The van der Waals surface area contributed by atoms with Gasteiger partial charge in [-0.3, -0.25) is 4.79 Å². The van der Waals surface area contributed by atoms with Crippen molar-refractivity contribution in [3.8, 4) is 5.75 Å². The van der Waals surface area contributed by atoms with Gasteiger partial charge in [-0.15, -0.1) is 0 Å². The average molecular weight is 267 g/mol. The summed E-state index contributed by atoms with van der Waals surface area (Å²) in [7, 11) is 0. The van der Waals surface area contributed by atoms with Gasteiger partial charge < -0.3 is 14.5 Å². The topological polar surface area (TPSA) is 68.5 Å². The molecule has 0 aliphatic carbocycles. The lowest BCUT2D eigenvalue weighted by Gasteiger charge is -2.18. The number of rotatable bonds is 0. The van der Waals surface area contributed by atoms with Crippen molar-refractivity contribution in [2.24, 2.45) is 0 Å². The van der Waals surface area contributed by atoms with E-state index in [1.807, 2.05) is 18.2 Å². The lowest BCUT2D eigenvalue weighted by molar-refractivity contribution is -0.118. The van der Waals surface area contributed by atoms with Crippen LogP contribution in [0.2, 0.25) is 0 Å². The zero-order valence-corrected chi connectivity index (χ0v) is 10.3. The molecule has 0 radical (unpaired) electrons. The van der Waals surface area contributed by atoms with Crippen LogP contribution in [-0.4, -0.2) is 12.5 Å². The normalized spacial score (nSPS) is 13.9. The summed E-state index contributed by atoms with van der Waals surface area (Å²) in [6.45, 7) is -0.0160. The Hall–Kier alpha value is -2.82. The molecule has 1 aromatic heterocycles. The van der Waals surface area contributed by atoms with E-state index < -0.39 is 5.63 Å². The Kier molecular flexibility index (Phi) is 2.12. The van der Waals surface area contributed by atoms with Crippen molar-refractivity contribution in [1.29, 1.82) is 0 Å². The number of hydrogen-bond donors (Lipinski definition) is 1. The van der Waals surface area contributed by atoms with Gasteiger partial charge >= 0.3 is 5.63 Å². The maximum absolute atomic E-state index is 12.0. The number of nitrogens with one attached hydrogen (secondary N) is 1. The monoisotopic (exact) mass is 267 g/mol. The summed E-state index contributed by atoms with van der Waals surface area (Å²) in [5.74, 6) is 0.329. The second-order valence-electron chi connectivity index (χ2n) is 4.62. The molecule has 0 spiro atoms. The van der Waals surface area contributed by atoms with Crippen molar-refractivity contribution in [3.05, 3.63) is 46.8 Å². The molecule has 0 unspecified atom stereocenters. The molecule has 0 atom stereocenters. The molecule has 1 aliphatic heterocycles. The van der Waals surface area contributed by atoms with Gasteiger partial charge in [0, 0.05) is 10.8 Å². The predicted molar refractivity (Wildman–Crippen MR) is 74.1 cm³/mol. The van der Waals surface area contributed by atoms with Gasteiger partial charge in [0.05, 0.1) is 11.1 Å². The van der Waals surface area contributed by atoms with E-state index in [-0.39, 0.29) is 12.5 Å². The second-order valence-corrected chi connectivity index (χ2v) is 4.62. The number of hydrogen-bond acceptors (Lipinski definition) is 4. The smallest absolute Gasteiger partial charge is 0.344 e. The van der Waals surface area contributed by atoms with Crippen LogP contribution in [0.1, 0.15) is 0 Å². The third-order valence-electron chi connectivity index (χ3n) is 3.35. The maximum atomic E-state index is 12.0. The van der Waals surface area contributed by atoms with Crippen LogP contribution in [0.3, 0.4) is 0 Å². The van der Waals surface area contributed by atoms with Gasteiger partial charge in [-0.1, -0.05) is 18.2 Å². The standard InChI is InChI=1S/C15H9NO4/c17-14-7-19-13-6-9-8-3-1-2-4-12(8)20-15(18)10(9)5-11(13)16-14/h1-6H,7H2,(H,16,17). The van der Waals surface area contributed by atoms with Gasteiger partial charge in [0.1, 0.15) is 11.3 Å². The van der Waals surface area contributed by atoms with Crippen LogP contribution in [0.5, 0.6) is 5.75 Å². The first kappa shape index (κ1) is 11.0. The highest BCUT2D eigenvalue weighted by molar-refractivity contribution is 6.08. The maximum Gasteiger partial charge on any atom is 0.344 e. The van der Waals surface area contributed by atoms with Crippen molar-refractivity contribution in [2.45, 2.75) is 0 Å². The predicted octanol–water partition coefficient (Wildman–Crippen LogP) is 2.28. The summed E-state index contributed by atoms with van der Waals surface area (Å²) >= 11 is 0. The summed E-state index contributed by atoms with van der Waals surface area (Å²) in [4.78, 5) is 23.4. The zero-order chi connectivity index (χ0) is 13.7. The van der Waals surface area contributed by atoms with Crippen LogP contribution in [0.15, 0.2) is 45.6 Å². The number of benzene rings is 2. The van der Waals surface area contributed by atoms with Crippen molar-refractivity contribution in [1.82, 2.24) is 0 Å². The van der Waals surface area contributed by atoms with Crippen LogP contribution >= 0.6 is 0 Å². The van der Waals surface area contributed by atoms with E-state index in [9.17, 15) is 9.59 Å². The van der Waals surface area contributed by atoms with E-state index in [1.165, 1.54) is 0 Å². The molecule has 0 saturated heterocycles. The molecule has 1 N–H and O–H groups in total. The van der Waals surface area contributed by atoms with E-state index in [0.717, 1.165) is 10.8 Å².